The van der Waals surface area contributed by atoms with Crippen LogP contribution in [0.1, 0.15) is 6.42 Å². The van der Waals surface area contributed by atoms with Gasteiger partial charge in [0, 0.05) is 5.69 Å². The molecular weight excluding hydrogens is 210 g/mol. The summed E-state index contributed by atoms with van der Waals surface area (Å²) in [5, 5.41) is 8.35. The number of carboxylic acid groups (broad SMARTS) is 1. The maximum atomic E-state index is 10.2. The molecule has 0 radical (unpaired) electrons. The van der Waals surface area contributed by atoms with E-state index in [0.717, 1.165) is 5.75 Å². The number of carboxylic acids is 1. The van der Waals surface area contributed by atoms with E-state index in [2.05, 4.69) is 0 Å². The summed E-state index contributed by atoms with van der Waals surface area (Å²) < 4.78 is 10.4. The van der Waals surface area contributed by atoms with E-state index in [-0.39, 0.29) is 13.0 Å². The van der Waals surface area contributed by atoms with Crippen LogP contribution in [0.2, 0.25) is 0 Å². The summed E-state index contributed by atoms with van der Waals surface area (Å²) >= 11 is 0. The predicted molar refractivity (Wildman–Crippen MR) is 59.4 cm³/mol. The SMILES string of the molecule is Nc1ccc(OCCOCCC(=O)O)cc1. The minimum Gasteiger partial charge on any atom is -0.491 e. The lowest BCUT2D eigenvalue weighted by Gasteiger charge is -2.06. The van der Waals surface area contributed by atoms with Crippen molar-refractivity contribution in [3.8, 4) is 5.75 Å². The van der Waals surface area contributed by atoms with Crippen molar-refractivity contribution in [2.45, 2.75) is 6.42 Å². The molecule has 0 bridgehead atoms. The normalized spacial score (nSPS) is 10.0. The van der Waals surface area contributed by atoms with Crippen LogP contribution in [0.25, 0.3) is 0 Å². The summed E-state index contributed by atoms with van der Waals surface area (Å²) in [6.07, 6.45) is 0.0157. The molecule has 5 heteroatoms. The van der Waals surface area contributed by atoms with E-state index in [1.807, 2.05) is 0 Å². The Bertz CT molecular complexity index is 323. The monoisotopic (exact) mass is 225 g/mol. The number of hydrogen-bond donors (Lipinski definition) is 2. The highest BCUT2D eigenvalue weighted by Crippen LogP contribution is 2.12. The lowest BCUT2D eigenvalue weighted by atomic mass is 10.3. The standard InChI is InChI=1S/C11H15NO4/c12-9-1-3-10(4-2-9)16-8-7-15-6-5-11(13)14/h1-4H,5-8,12H2,(H,13,14). The molecule has 0 saturated heterocycles. The average Bonchev–Trinajstić information content (AvgIpc) is 2.25. The first-order chi connectivity index (χ1) is 7.68. The molecule has 16 heavy (non-hydrogen) atoms. The first-order valence-corrected chi connectivity index (χ1v) is 4.96. The van der Waals surface area contributed by atoms with E-state index in [1.54, 1.807) is 24.3 Å². The Morgan fingerprint density at radius 1 is 1.19 bits per heavy atom. The van der Waals surface area contributed by atoms with Gasteiger partial charge in [0.25, 0.3) is 0 Å². The van der Waals surface area contributed by atoms with Crippen molar-refractivity contribution < 1.29 is 19.4 Å². The zero-order valence-corrected chi connectivity index (χ0v) is 8.89. The molecule has 0 atom stereocenters. The minimum atomic E-state index is -0.862. The van der Waals surface area contributed by atoms with E-state index < -0.39 is 5.97 Å². The van der Waals surface area contributed by atoms with Crippen LogP contribution in [-0.4, -0.2) is 30.9 Å². The summed E-state index contributed by atoms with van der Waals surface area (Å²) in [5.41, 5.74) is 6.20. The zero-order valence-electron chi connectivity index (χ0n) is 8.89. The molecule has 0 fully saturated rings. The minimum absolute atomic E-state index is 0.0157. The van der Waals surface area contributed by atoms with Crippen molar-refractivity contribution in [3.05, 3.63) is 24.3 Å². The van der Waals surface area contributed by atoms with Crippen LogP contribution in [0.5, 0.6) is 5.75 Å². The molecule has 1 aromatic carbocycles. The van der Waals surface area contributed by atoms with Crippen LogP contribution in [0, 0.1) is 0 Å². The van der Waals surface area contributed by atoms with Gasteiger partial charge in [-0.15, -0.1) is 0 Å². The molecule has 0 spiro atoms. The number of aliphatic carboxylic acids is 1. The number of nitrogens with two attached hydrogens (primary N) is 1. The Morgan fingerprint density at radius 2 is 1.88 bits per heavy atom. The third-order valence-corrected chi connectivity index (χ3v) is 1.84. The Hall–Kier alpha value is -1.75. The summed E-state index contributed by atoms with van der Waals surface area (Å²) in [5.74, 6) is -0.143. The van der Waals surface area contributed by atoms with Crippen LogP contribution in [0.4, 0.5) is 5.69 Å². The van der Waals surface area contributed by atoms with Gasteiger partial charge in [-0.1, -0.05) is 0 Å². The molecule has 0 aliphatic heterocycles. The Morgan fingerprint density at radius 3 is 2.50 bits per heavy atom. The summed E-state index contributed by atoms with van der Waals surface area (Å²) in [6, 6.07) is 7.04. The fourth-order valence-electron chi connectivity index (χ4n) is 1.04. The highest BCUT2D eigenvalue weighted by Gasteiger charge is 1.97. The van der Waals surface area contributed by atoms with Gasteiger partial charge in [0.05, 0.1) is 19.6 Å². The number of hydrogen-bond acceptors (Lipinski definition) is 4. The van der Waals surface area contributed by atoms with Gasteiger partial charge < -0.3 is 20.3 Å². The fraction of sp³-hybridized carbons (Fsp3) is 0.364. The van der Waals surface area contributed by atoms with Crippen LogP contribution in [0.15, 0.2) is 24.3 Å². The van der Waals surface area contributed by atoms with E-state index in [1.165, 1.54) is 0 Å². The molecule has 3 N–H and O–H groups in total. The number of rotatable bonds is 7. The Balaban J connectivity index is 2.07. The van der Waals surface area contributed by atoms with Gasteiger partial charge in [-0.25, -0.2) is 0 Å². The number of nitrogen functional groups attached to an aromatic ring is 1. The van der Waals surface area contributed by atoms with E-state index in [0.29, 0.717) is 18.9 Å². The quantitative estimate of drug-likeness (QED) is 0.537. The van der Waals surface area contributed by atoms with Crippen LogP contribution < -0.4 is 10.5 Å². The zero-order chi connectivity index (χ0) is 11.8. The molecule has 0 unspecified atom stereocenters. The van der Waals surface area contributed by atoms with Crippen LogP contribution >= 0.6 is 0 Å². The van der Waals surface area contributed by atoms with Gasteiger partial charge in [-0.3, -0.25) is 4.79 Å². The summed E-state index contributed by atoms with van der Waals surface area (Å²) in [4.78, 5) is 10.2. The van der Waals surface area contributed by atoms with E-state index in [4.69, 9.17) is 20.3 Å². The molecule has 0 aliphatic carbocycles. The molecule has 0 heterocycles. The van der Waals surface area contributed by atoms with Gasteiger partial charge in [0.15, 0.2) is 0 Å². The van der Waals surface area contributed by atoms with Crippen molar-refractivity contribution in [2.24, 2.45) is 0 Å². The molecule has 88 valence electrons. The highest BCUT2D eigenvalue weighted by atomic mass is 16.5. The molecule has 5 nitrogen and oxygen atoms in total. The smallest absolute Gasteiger partial charge is 0.305 e. The second-order valence-electron chi connectivity index (χ2n) is 3.17. The predicted octanol–water partition coefficient (Wildman–Crippen LogP) is 1.14. The van der Waals surface area contributed by atoms with E-state index >= 15 is 0 Å². The fourth-order valence-corrected chi connectivity index (χ4v) is 1.04. The second kappa shape index (κ2) is 6.68. The Labute approximate surface area is 93.8 Å². The molecular formula is C11H15NO4. The first-order valence-electron chi connectivity index (χ1n) is 4.96. The molecule has 1 rings (SSSR count). The lowest BCUT2D eigenvalue weighted by Crippen LogP contribution is -2.09. The average molecular weight is 225 g/mol. The molecule has 1 aromatic rings. The number of benzene rings is 1. The topological polar surface area (TPSA) is 81.8 Å². The molecule has 0 aromatic heterocycles. The first kappa shape index (κ1) is 12.3. The highest BCUT2D eigenvalue weighted by molar-refractivity contribution is 5.66. The van der Waals surface area contributed by atoms with Crippen molar-refractivity contribution in [1.82, 2.24) is 0 Å². The lowest BCUT2D eigenvalue weighted by molar-refractivity contribution is -0.138. The van der Waals surface area contributed by atoms with Crippen LogP contribution in [0.3, 0.4) is 0 Å². The van der Waals surface area contributed by atoms with Crippen molar-refractivity contribution in [2.75, 3.05) is 25.6 Å². The van der Waals surface area contributed by atoms with Gasteiger partial charge in [0.1, 0.15) is 12.4 Å². The summed E-state index contributed by atoms with van der Waals surface area (Å²) in [6.45, 7) is 0.974. The van der Waals surface area contributed by atoms with Gasteiger partial charge >= 0.3 is 5.97 Å². The molecule has 0 saturated carbocycles. The number of anilines is 1. The molecule has 0 amide bonds. The van der Waals surface area contributed by atoms with Gasteiger partial charge in [-0.05, 0) is 24.3 Å². The Kier molecular flexibility index (Phi) is 5.15. The van der Waals surface area contributed by atoms with Crippen LogP contribution in [-0.2, 0) is 9.53 Å². The summed E-state index contributed by atoms with van der Waals surface area (Å²) in [7, 11) is 0. The largest absolute Gasteiger partial charge is 0.491 e. The number of carbonyl (C=O) groups is 1. The third kappa shape index (κ3) is 5.21. The van der Waals surface area contributed by atoms with Crippen molar-refractivity contribution in [1.29, 1.82) is 0 Å². The number of ether oxygens (including phenoxy) is 2. The van der Waals surface area contributed by atoms with Gasteiger partial charge in [-0.2, -0.15) is 0 Å². The second-order valence-corrected chi connectivity index (χ2v) is 3.17. The van der Waals surface area contributed by atoms with E-state index in [9.17, 15) is 4.79 Å². The van der Waals surface area contributed by atoms with Crippen molar-refractivity contribution >= 4 is 11.7 Å². The van der Waals surface area contributed by atoms with Crippen molar-refractivity contribution in [3.63, 3.8) is 0 Å². The maximum Gasteiger partial charge on any atom is 0.305 e. The third-order valence-electron chi connectivity index (χ3n) is 1.84. The maximum absolute atomic E-state index is 10.2. The molecule has 0 aliphatic rings. The van der Waals surface area contributed by atoms with Gasteiger partial charge in [0.2, 0.25) is 0 Å².